The second kappa shape index (κ2) is 6.83. The average molecular weight is 315 g/mol. The number of piperidine rings is 1. The summed E-state index contributed by atoms with van der Waals surface area (Å²) < 4.78 is 40.8. The van der Waals surface area contributed by atoms with Crippen LogP contribution in [0.3, 0.4) is 0 Å². The molecule has 21 heavy (non-hydrogen) atoms. The number of hydrogen-bond donors (Lipinski definition) is 2. The van der Waals surface area contributed by atoms with E-state index in [-0.39, 0.29) is 17.5 Å². The Hall–Kier alpha value is -1.02. The lowest BCUT2D eigenvalue weighted by molar-refractivity contribution is 0.187. The Morgan fingerprint density at radius 1 is 1.43 bits per heavy atom. The minimum Gasteiger partial charge on any atom is -0.326 e. The predicted molar refractivity (Wildman–Crippen MR) is 79.7 cm³/mol. The highest BCUT2D eigenvalue weighted by Gasteiger charge is 2.24. The van der Waals surface area contributed by atoms with Gasteiger partial charge in [0.15, 0.2) is 0 Å². The molecule has 5 nitrogen and oxygen atoms in total. The Bertz CT molecular complexity index is 592. The van der Waals surface area contributed by atoms with E-state index in [0.717, 1.165) is 31.9 Å². The summed E-state index contributed by atoms with van der Waals surface area (Å²) in [7, 11) is -1.87. The molecule has 118 valence electrons. The molecule has 2 rings (SSSR count). The van der Waals surface area contributed by atoms with Gasteiger partial charge in [-0.2, -0.15) is 0 Å². The molecule has 0 spiro atoms. The molecule has 0 saturated carbocycles. The molecule has 1 heterocycles. The van der Waals surface area contributed by atoms with Crippen LogP contribution in [0.2, 0.25) is 0 Å². The van der Waals surface area contributed by atoms with Gasteiger partial charge in [0.2, 0.25) is 10.0 Å². The first-order valence-corrected chi connectivity index (χ1v) is 8.61. The van der Waals surface area contributed by atoms with E-state index >= 15 is 0 Å². The summed E-state index contributed by atoms with van der Waals surface area (Å²) >= 11 is 0. The van der Waals surface area contributed by atoms with Crippen LogP contribution < -0.4 is 10.5 Å². The number of likely N-dealkylation sites (N-methyl/N-ethyl adjacent to an activating group) is 1. The molecule has 1 unspecified atom stereocenters. The number of benzene rings is 1. The molecular formula is C14H22FN3O2S. The average Bonchev–Trinajstić information content (AvgIpc) is 2.47. The van der Waals surface area contributed by atoms with Crippen LogP contribution in [-0.2, 0) is 16.6 Å². The van der Waals surface area contributed by atoms with Gasteiger partial charge < -0.3 is 10.6 Å². The fraction of sp³-hybridized carbons (Fsp3) is 0.571. The summed E-state index contributed by atoms with van der Waals surface area (Å²) in [4.78, 5) is 1.81. The molecule has 1 atom stereocenters. The van der Waals surface area contributed by atoms with Crippen molar-refractivity contribution in [3.63, 3.8) is 0 Å². The van der Waals surface area contributed by atoms with E-state index in [1.165, 1.54) is 12.1 Å². The number of sulfonamides is 1. The van der Waals surface area contributed by atoms with E-state index in [2.05, 4.69) is 9.62 Å². The fourth-order valence-corrected chi connectivity index (χ4v) is 3.76. The van der Waals surface area contributed by atoms with E-state index in [1.807, 2.05) is 7.05 Å². The second-order valence-electron chi connectivity index (χ2n) is 5.45. The summed E-state index contributed by atoms with van der Waals surface area (Å²) in [6.45, 7) is 1.43. The molecule has 1 aliphatic rings. The lowest BCUT2D eigenvalue weighted by Crippen LogP contribution is -2.44. The number of nitrogens with one attached hydrogen (secondary N) is 1. The maximum Gasteiger partial charge on any atom is 0.243 e. The number of hydrogen-bond acceptors (Lipinski definition) is 4. The standard InChI is InChI=1S/C14H22FN3O2S/c1-18-7-3-2-4-12(18)10-17-21(19,20)14-8-11(9-16)5-6-13(14)15/h5-6,8,12,17H,2-4,7,9-10,16H2,1H3. The Balaban J connectivity index is 2.11. The Labute approximate surface area is 125 Å². The topological polar surface area (TPSA) is 75.4 Å². The Morgan fingerprint density at radius 3 is 2.86 bits per heavy atom. The van der Waals surface area contributed by atoms with Gasteiger partial charge >= 0.3 is 0 Å². The third-order valence-electron chi connectivity index (χ3n) is 3.95. The van der Waals surface area contributed by atoms with Gasteiger partial charge in [0, 0.05) is 19.1 Å². The summed E-state index contributed by atoms with van der Waals surface area (Å²) in [6, 6.07) is 4.09. The highest BCUT2D eigenvalue weighted by molar-refractivity contribution is 7.89. The molecule has 1 aliphatic heterocycles. The summed E-state index contributed by atoms with van der Waals surface area (Å²) in [5.41, 5.74) is 6.07. The highest BCUT2D eigenvalue weighted by Crippen LogP contribution is 2.18. The minimum atomic E-state index is -3.85. The minimum absolute atomic E-state index is 0.161. The molecule has 1 saturated heterocycles. The molecule has 3 N–H and O–H groups in total. The normalized spacial score (nSPS) is 20.6. The first-order valence-electron chi connectivity index (χ1n) is 7.12. The van der Waals surface area contributed by atoms with Crippen molar-refractivity contribution in [3.05, 3.63) is 29.6 Å². The SMILES string of the molecule is CN1CCCCC1CNS(=O)(=O)c1cc(CN)ccc1F. The van der Waals surface area contributed by atoms with Crippen LogP contribution in [0.5, 0.6) is 0 Å². The molecular weight excluding hydrogens is 293 g/mol. The van der Waals surface area contributed by atoms with Gasteiger partial charge in [0.1, 0.15) is 10.7 Å². The van der Waals surface area contributed by atoms with E-state index in [4.69, 9.17) is 5.73 Å². The third kappa shape index (κ3) is 4.00. The van der Waals surface area contributed by atoms with Crippen molar-refractivity contribution in [2.24, 2.45) is 5.73 Å². The van der Waals surface area contributed by atoms with Gasteiger partial charge in [-0.25, -0.2) is 17.5 Å². The zero-order chi connectivity index (χ0) is 15.5. The molecule has 1 aromatic rings. The maximum atomic E-state index is 13.8. The third-order valence-corrected chi connectivity index (χ3v) is 5.39. The molecule has 0 radical (unpaired) electrons. The van der Waals surface area contributed by atoms with E-state index < -0.39 is 15.8 Å². The molecule has 0 amide bonds. The monoisotopic (exact) mass is 315 g/mol. The van der Waals surface area contributed by atoms with Gasteiger partial charge in [-0.3, -0.25) is 0 Å². The largest absolute Gasteiger partial charge is 0.326 e. The van der Waals surface area contributed by atoms with Crippen LogP contribution >= 0.6 is 0 Å². The fourth-order valence-electron chi connectivity index (χ4n) is 2.57. The number of nitrogens with two attached hydrogens (primary N) is 1. The van der Waals surface area contributed by atoms with Crippen LogP contribution in [0.1, 0.15) is 24.8 Å². The Morgan fingerprint density at radius 2 is 2.19 bits per heavy atom. The van der Waals surface area contributed by atoms with Crippen molar-refractivity contribution in [1.82, 2.24) is 9.62 Å². The lowest BCUT2D eigenvalue weighted by Gasteiger charge is -2.32. The summed E-state index contributed by atoms with van der Waals surface area (Å²) in [5.74, 6) is -0.753. The van der Waals surface area contributed by atoms with Crippen LogP contribution in [0.4, 0.5) is 4.39 Å². The smallest absolute Gasteiger partial charge is 0.243 e. The van der Waals surface area contributed by atoms with Crippen LogP contribution in [0, 0.1) is 5.82 Å². The molecule has 0 aliphatic carbocycles. The summed E-state index contributed by atoms with van der Waals surface area (Å²) in [6.07, 6.45) is 3.17. The van der Waals surface area contributed by atoms with Crippen molar-refractivity contribution in [3.8, 4) is 0 Å². The van der Waals surface area contributed by atoms with Crippen molar-refractivity contribution in [2.45, 2.75) is 36.7 Å². The van der Waals surface area contributed by atoms with Crippen molar-refractivity contribution in [2.75, 3.05) is 20.1 Å². The Kier molecular flexibility index (Phi) is 5.32. The lowest BCUT2D eigenvalue weighted by atomic mass is 10.0. The molecule has 0 aromatic heterocycles. The van der Waals surface area contributed by atoms with Crippen LogP contribution in [0.15, 0.2) is 23.1 Å². The maximum absolute atomic E-state index is 13.8. The number of nitrogens with zero attached hydrogens (tertiary/aromatic N) is 1. The molecule has 0 bridgehead atoms. The van der Waals surface area contributed by atoms with Crippen molar-refractivity contribution in [1.29, 1.82) is 0 Å². The number of likely N-dealkylation sites (tertiary alicyclic amines) is 1. The first-order chi connectivity index (χ1) is 9.94. The number of halogens is 1. The van der Waals surface area contributed by atoms with Crippen LogP contribution in [0.25, 0.3) is 0 Å². The zero-order valence-electron chi connectivity index (χ0n) is 12.2. The second-order valence-corrected chi connectivity index (χ2v) is 7.19. The van der Waals surface area contributed by atoms with Gasteiger partial charge in [0.05, 0.1) is 0 Å². The van der Waals surface area contributed by atoms with E-state index in [9.17, 15) is 12.8 Å². The predicted octanol–water partition coefficient (Wildman–Crippen LogP) is 1.05. The van der Waals surface area contributed by atoms with Gasteiger partial charge in [-0.05, 0) is 44.1 Å². The van der Waals surface area contributed by atoms with E-state index in [0.29, 0.717) is 12.1 Å². The van der Waals surface area contributed by atoms with Gasteiger partial charge in [-0.15, -0.1) is 0 Å². The van der Waals surface area contributed by atoms with Crippen molar-refractivity contribution < 1.29 is 12.8 Å². The van der Waals surface area contributed by atoms with Crippen molar-refractivity contribution >= 4 is 10.0 Å². The van der Waals surface area contributed by atoms with E-state index in [1.54, 1.807) is 0 Å². The van der Waals surface area contributed by atoms with Crippen LogP contribution in [-0.4, -0.2) is 39.5 Å². The van der Waals surface area contributed by atoms with Gasteiger partial charge in [-0.1, -0.05) is 12.5 Å². The van der Waals surface area contributed by atoms with Gasteiger partial charge in [0.25, 0.3) is 0 Å². The summed E-state index contributed by atoms with van der Waals surface area (Å²) in [5, 5.41) is 0. The molecule has 1 aromatic carbocycles. The molecule has 1 fully saturated rings. The number of rotatable bonds is 5. The highest BCUT2D eigenvalue weighted by atomic mass is 32.2. The molecule has 7 heteroatoms. The first kappa shape index (κ1) is 16.4. The zero-order valence-corrected chi connectivity index (χ0v) is 13.0. The quantitative estimate of drug-likeness (QED) is 0.851.